The molecule has 1 saturated carbocycles. The number of aromatic nitrogens is 2. The maximum absolute atomic E-state index is 14.2. The Balaban J connectivity index is 1.19. The Labute approximate surface area is 186 Å². The lowest BCUT2D eigenvalue weighted by molar-refractivity contribution is 0.0545. The molecule has 0 amide bonds. The molecule has 0 radical (unpaired) electrons. The molecule has 1 aromatic carbocycles. The highest BCUT2D eigenvalue weighted by Crippen LogP contribution is 2.40. The second kappa shape index (κ2) is 8.98. The summed E-state index contributed by atoms with van der Waals surface area (Å²) in [5.74, 6) is -0.400. The zero-order valence-electron chi connectivity index (χ0n) is 18.3. The van der Waals surface area contributed by atoms with Gasteiger partial charge in [-0.25, -0.2) is 13.2 Å². The summed E-state index contributed by atoms with van der Waals surface area (Å²) < 4.78 is 46.8. The van der Waals surface area contributed by atoms with Crippen LogP contribution in [-0.4, -0.2) is 54.0 Å². The number of hydrogen-bond donors (Lipinski definition) is 1. The molecule has 0 spiro atoms. The molecule has 1 N–H and O–H groups in total. The van der Waals surface area contributed by atoms with E-state index in [2.05, 4.69) is 20.4 Å². The average molecular weight is 447 g/mol. The Morgan fingerprint density at radius 2 is 1.75 bits per heavy atom. The van der Waals surface area contributed by atoms with Crippen LogP contribution in [0.2, 0.25) is 0 Å². The number of fused-ring (bicyclic) bond motifs is 1. The van der Waals surface area contributed by atoms with E-state index in [4.69, 9.17) is 4.74 Å². The number of nitrogens with one attached hydrogen (secondary N) is 1. The van der Waals surface area contributed by atoms with E-state index in [-0.39, 0.29) is 11.3 Å². The number of hydrogen-bond acceptors (Lipinski definition) is 5. The van der Waals surface area contributed by atoms with E-state index in [1.165, 1.54) is 19.4 Å². The van der Waals surface area contributed by atoms with Crippen LogP contribution in [0.3, 0.4) is 0 Å². The molecule has 3 fully saturated rings. The Kier molecular flexibility index (Phi) is 6.07. The molecule has 0 bridgehead atoms. The summed E-state index contributed by atoms with van der Waals surface area (Å²) >= 11 is 0. The van der Waals surface area contributed by atoms with E-state index < -0.39 is 17.5 Å². The third kappa shape index (κ3) is 4.48. The van der Waals surface area contributed by atoms with Gasteiger partial charge in [0.25, 0.3) is 0 Å². The minimum absolute atomic E-state index is 0.151. The topological polar surface area (TPSA) is 50.3 Å². The normalized spacial score (nSPS) is 26.4. The summed E-state index contributed by atoms with van der Waals surface area (Å²) in [6.07, 6.45) is 4.55. The quantitative estimate of drug-likeness (QED) is 0.690. The lowest BCUT2D eigenvalue weighted by Gasteiger charge is -2.27. The first-order chi connectivity index (χ1) is 15.5. The minimum Gasteiger partial charge on any atom is -0.381 e. The van der Waals surface area contributed by atoms with Crippen molar-refractivity contribution >= 4 is 5.82 Å². The average Bonchev–Trinajstić information content (AvgIpc) is 3.29. The molecular weight excluding hydrogens is 417 g/mol. The molecule has 32 heavy (non-hydrogen) atoms. The summed E-state index contributed by atoms with van der Waals surface area (Å²) in [5, 5.41) is 11.7. The fraction of sp³-hybridized carbons (Fsp3) is 0.583. The number of nitrogens with zero attached hydrogens (tertiary/aromatic N) is 3. The van der Waals surface area contributed by atoms with Crippen LogP contribution in [0.1, 0.15) is 31.2 Å². The molecule has 5 rings (SSSR count). The molecule has 2 saturated heterocycles. The maximum Gasteiger partial charge on any atom is 0.168 e. The molecule has 2 aliphatic heterocycles. The van der Waals surface area contributed by atoms with Gasteiger partial charge in [-0.05, 0) is 68.1 Å². The molecule has 5 nitrogen and oxygen atoms in total. The first kappa shape index (κ1) is 21.6. The van der Waals surface area contributed by atoms with Gasteiger partial charge in [0.05, 0.1) is 5.69 Å². The van der Waals surface area contributed by atoms with Crippen LogP contribution in [0, 0.1) is 42.1 Å². The smallest absolute Gasteiger partial charge is 0.168 e. The largest absolute Gasteiger partial charge is 0.381 e. The van der Waals surface area contributed by atoms with Crippen molar-refractivity contribution < 1.29 is 17.9 Å². The second-order valence-electron chi connectivity index (χ2n) is 9.62. The molecule has 1 aliphatic carbocycles. The third-order valence-corrected chi connectivity index (χ3v) is 7.27. The van der Waals surface area contributed by atoms with Crippen molar-refractivity contribution in [3.05, 3.63) is 41.2 Å². The van der Waals surface area contributed by atoms with Gasteiger partial charge in [0, 0.05) is 50.5 Å². The molecule has 1 aromatic heterocycles. The third-order valence-electron chi connectivity index (χ3n) is 7.27. The maximum atomic E-state index is 14.2. The van der Waals surface area contributed by atoms with E-state index in [0.717, 1.165) is 51.1 Å². The van der Waals surface area contributed by atoms with E-state index in [1.807, 2.05) is 0 Å². The number of halogens is 3. The molecule has 2 aromatic rings. The number of rotatable bonds is 5. The van der Waals surface area contributed by atoms with E-state index in [9.17, 15) is 13.2 Å². The summed E-state index contributed by atoms with van der Waals surface area (Å²) in [4.78, 5) is 2.63. The Bertz CT molecular complexity index is 968. The van der Waals surface area contributed by atoms with Crippen LogP contribution in [-0.2, 0) is 4.74 Å². The predicted molar refractivity (Wildman–Crippen MR) is 116 cm³/mol. The fourth-order valence-corrected chi connectivity index (χ4v) is 5.72. The highest BCUT2D eigenvalue weighted by molar-refractivity contribution is 5.64. The summed E-state index contributed by atoms with van der Waals surface area (Å²) in [6, 6.07) is 3.58. The van der Waals surface area contributed by atoms with Crippen LogP contribution in [0.4, 0.5) is 19.0 Å². The number of likely N-dealkylation sites (tertiary alicyclic amines) is 1. The Morgan fingerprint density at radius 1 is 1.03 bits per heavy atom. The summed E-state index contributed by atoms with van der Waals surface area (Å²) in [5.41, 5.74) is 0.560. The van der Waals surface area contributed by atoms with E-state index >= 15 is 0 Å². The second-order valence-corrected chi connectivity index (χ2v) is 9.62. The fourth-order valence-electron chi connectivity index (χ4n) is 5.72. The van der Waals surface area contributed by atoms with Gasteiger partial charge in [-0.3, -0.25) is 0 Å². The zero-order chi connectivity index (χ0) is 22.2. The standard InChI is InChI=1S/C24H29F3N4O/c1-14-6-22(29-30-24(14)20-9-18(25)10-21(26)23(20)27)28-19-7-16-12-31(13-17(16)8-19)11-15-2-4-32-5-3-15/h6,9-10,15-17,19H,2-5,7-8,11-13H2,1H3,(H,28,29)/t16-,17+,19-. The van der Waals surface area contributed by atoms with Crippen molar-refractivity contribution in [1.82, 2.24) is 15.1 Å². The van der Waals surface area contributed by atoms with Crippen LogP contribution in [0.5, 0.6) is 0 Å². The number of aryl methyl sites for hydroxylation is 1. The van der Waals surface area contributed by atoms with Gasteiger partial charge in [0.2, 0.25) is 0 Å². The van der Waals surface area contributed by atoms with Crippen LogP contribution < -0.4 is 5.32 Å². The van der Waals surface area contributed by atoms with Crippen LogP contribution >= 0.6 is 0 Å². The first-order valence-corrected chi connectivity index (χ1v) is 11.5. The van der Waals surface area contributed by atoms with Crippen molar-refractivity contribution in [2.24, 2.45) is 17.8 Å². The van der Waals surface area contributed by atoms with Crippen molar-refractivity contribution in [3.8, 4) is 11.3 Å². The zero-order valence-corrected chi connectivity index (χ0v) is 18.3. The first-order valence-electron chi connectivity index (χ1n) is 11.5. The van der Waals surface area contributed by atoms with E-state index in [0.29, 0.717) is 35.3 Å². The molecule has 0 unspecified atom stereocenters. The monoisotopic (exact) mass is 446 g/mol. The van der Waals surface area contributed by atoms with Crippen LogP contribution in [0.25, 0.3) is 11.3 Å². The highest BCUT2D eigenvalue weighted by atomic mass is 19.2. The van der Waals surface area contributed by atoms with Gasteiger partial charge >= 0.3 is 0 Å². The lowest BCUT2D eigenvalue weighted by Crippen LogP contribution is -2.32. The van der Waals surface area contributed by atoms with Crippen molar-refractivity contribution in [2.45, 2.75) is 38.6 Å². The SMILES string of the molecule is Cc1cc(N[C@@H]2C[C@@H]3CN(CC4CCOCC4)C[C@@H]3C2)nnc1-c1cc(F)cc(F)c1F. The Hall–Kier alpha value is -2.19. The molecule has 3 atom stereocenters. The molecular formula is C24H29F3N4O. The van der Waals surface area contributed by atoms with Gasteiger partial charge in [0.1, 0.15) is 11.6 Å². The number of anilines is 1. The van der Waals surface area contributed by atoms with Crippen molar-refractivity contribution in [3.63, 3.8) is 0 Å². The molecule has 3 heterocycles. The van der Waals surface area contributed by atoms with Gasteiger partial charge < -0.3 is 15.0 Å². The highest BCUT2D eigenvalue weighted by Gasteiger charge is 2.41. The minimum atomic E-state index is -1.23. The van der Waals surface area contributed by atoms with Gasteiger partial charge in [0.15, 0.2) is 11.6 Å². The molecule has 172 valence electrons. The van der Waals surface area contributed by atoms with Gasteiger partial charge in [-0.15, -0.1) is 10.2 Å². The number of benzene rings is 1. The van der Waals surface area contributed by atoms with Crippen LogP contribution in [0.15, 0.2) is 18.2 Å². The predicted octanol–water partition coefficient (Wildman–Crippen LogP) is 4.42. The molecule has 3 aliphatic rings. The summed E-state index contributed by atoms with van der Waals surface area (Å²) in [6.45, 7) is 7.06. The van der Waals surface area contributed by atoms with Gasteiger partial charge in [-0.2, -0.15) is 0 Å². The van der Waals surface area contributed by atoms with Gasteiger partial charge in [-0.1, -0.05) is 0 Å². The number of ether oxygens (including phenoxy) is 1. The van der Waals surface area contributed by atoms with Crippen molar-refractivity contribution in [1.29, 1.82) is 0 Å². The molecule has 8 heteroatoms. The Morgan fingerprint density at radius 3 is 2.44 bits per heavy atom. The summed E-state index contributed by atoms with van der Waals surface area (Å²) in [7, 11) is 0. The van der Waals surface area contributed by atoms with Crippen molar-refractivity contribution in [2.75, 3.05) is 38.2 Å². The van der Waals surface area contributed by atoms with E-state index in [1.54, 1.807) is 13.0 Å². The lowest BCUT2D eigenvalue weighted by atomic mass is 10.00.